The molecule has 0 aromatic heterocycles. The Hall–Kier alpha value is -1.01. The highest BCUT2D eigenvalue weighted by Crippen LogP contribution is 2.55. The number of carbonyl (C=O) groups is 1. The third kappa shape index (κ3) is 6.11. The Labute approximate surface area is 193 Å². The second-order valence-electron chi connectivity index (χ2n) is 10.7. The van der Waals surface area contributed by atoms with Gasteiger partial charge in [0.15, 0.2) is 17.9 Å². The molecule has 2 aliphatic carbocycles. The van der Waals surface area contributed by atoms with Crippen LogP contribution < -0.4 is 0 Å². The van der Waals surface area contributed by atoms with Crippen molar-refractivity contribution < 1.29 is 23.7 Å². The van der Waals surface area contributed by atoms with Gasteiger partial charge in [-0.2, -0.15) is 0 Å². The molecule has 180 valence electrons. The van der Waals surface area contributed by atoms with Gasteiger partial charge in [0.25, 0.3) is 0 Å². The minimum Gasteiger partial charge on any atom is -0.353 e. The number of allylic oxidation sites excluding steroid dienone is 3. The van der Waals surface area contributed by atoms with Crippen LogP contribution in [0.3, 0.4) is 0 Å². The van der Waals surface area contributed by atoms with Crippen molar-refractivity contribution >= 4 is 5.78 Å². The van der Waals surface area contributed by atoms with Crippen LogP contribution in [0.15, 0.2) is 23.8 Å². The molecule has 4 aliphatic rings. The predicted molar refractivity (Wildman–Crippen MR) is 124 cm³/mol. The molecule has 2 saturated carbocycles. The molecule has 1 unspecified atom stereocenters. The smallest absolute Gasteiger partial charge is 0.169 e. The lowest BCUT2D eigenvalue weighted by atomic mass is 9.89. The molecule has 5 nitrogen and oxygen atoms in total. The van der Waals surface area contributed by atoms with Gasteiger partial charge >= 0.3 is 0 Å². The van der Waals surface area contributed by atoms with Crippen LogP contribution in [-0.4, -0.2) is 43.8 Å². The summed E-state index contributed by atoms with van der Waals surface area (Å²) in [5.41, 5.74) is 1.34. The summed E-state index contributed by atoms with van der Waals surface area (Å²) in [6, 6.07) is 0. The van der Waals surface area contributed by atoms with E-state index in [1.54, 1.807) is 0 Å². The average Bonchev–Trinajstić information content (AvgIpc) is 3.42. The van der Waals surface area contributed by atoms with Crippen LogP contribution in [0.1, 0.15) is 78.6 Å². The van der Waals surface area contributed by atoms with Gasteiger partial charge in [-0.05, 0) is 76.2 Å². The summed E-state index contributed by atoms with van der Waals surface area (Å²) in [6.45, 7) is 8.60. The highest BCUT2D eigenvalue weighted by atomic mass is 16.7. The first kappa shape index (κ1) is 24.1. The molecule has 0 amide bonds. The SMILES string of the molecule is CC(C)=CCC[C@@H](C)CC(=O)/C=C/[C@@H]1[C@H]2CC3(C[C@H]2C[C@H]1OC1CCCCO1)OCCO3. The zero-order valence-electron chi connectivity index (χ0n) is 20.2. The molecule has 6 atom stereocenters. The maximum absolute atomic E-state index is 12.7. The van der Waals surface area contributed by atoms with Crippen molar-refractivity contribution in [2.24, 2.45) is 23.7 Å². The molecule has 2 saturated heterocycles. The van der Waals surface area contributed by atoms with E-state index in [1.807, 2.05) is 6.08 Å². The van der Waals surface area contributed by atoms with Gasteiger partial charge in [-0.3, -0.25) is 4.79 Å². The van der Waals surface area contributed by atoms with Gasteiger partial charge in [-0.15, -0.1) is 0 Å². The van der Waals surface area contributed by atoms with Crippen molar-refractivity contribution in [1.82, 2.24) is 0 Å². The van der Waals surface area contributed by atoms with Crippen LogP contribution in [0.25, 0.3) is 0 Å². The van der Waals surface area contributed by atoms with Crippen LogP contribution in [0, 0.1) is 23.7 Å². The Kier molecular flexibility index (Phi) is 8.25. The molecule has 0 aromatic rings. The molecule has 2 heterocycles. The van der Waals surface area contributed by atoms with Crippen LogP contribution in [0.4, 0.5) is 0 Å². The highest BCUT2D eigenvalue weighted by molar-refractivity contribution is 5.89. The molecule has 2 aliphatic heterocycles. The van der Waals surface area contributed by atoms with E-state index in [-0.39, 0.29) is 24.1 Å². The molecule has 32 heavy (non-hydrogen) atoms. The van der Waals surface area contributed by atoms with Crippen molar-refractivity contribution in [3.8, 4) is 0 Å². The molecule has 5 heteroatoms. The van der Waals surface area contributed by atoms with Crippen molar-refractivity contribution in [1.29, 1.82) is 0 Å². The lowest BCUT2D eigenvalue weighted by molar-refractivity contribution is -0.197. The number of ether oxygens (including phenoxy) is 4. The summed E-state index contributed by atoms with van der Waals surface area (Å²) in [6.07, 6.45) is 15.1. The molecule has 0 radical (unpaired) electrons. The fourth-order valence-electron chi connectivity index (χ4n) is 6.15. The van der Waals surface area contributed by atoms with Crippen LogP contribution in [-0.2, 0) is 23.7 Å². The van der Waals surface area contributed by atoms with Gasteiger partial charge in [-0.1, -0.05) is 24.6 Å². The Morgan fingerprint density at radius 3 is 2.69 bits per heavy atom. The monoisotopic (exact) mass is 446 g/mol. The summed E-state index contributed by atoms with van der Waals surface area (Å²) < 4.78 is 24.4. The van der Waals surface area contributed by atoms with E-state index in [9.17, 15) is 4.79 Å². The number of carbonyl (C=O) groups excluding carboxylic acids is 1. The van der Waals surface area contributed by atoms with Gasteiger partial charge in [0.2, 0.25) is 0 Å². The fourth-order valence-corrected chi connectivity index (χ4v) is 6.15. The molecule has 0 N–H and O–H groups in total. The van der Waals surface area contributed by atoms with E-state index in [0.717, 1.165) is 51.6 Å². The van der Waals surface area contributed by atoms with Gasteiger partial charge in [-0.25, -0.2) is 0 Å². The van der Waals surface area contributed by atoms with Gasteiger partial charge in [0, 0.05) is 31.8 Å². The highest BCUT2D eigenvalue weighted by Gasteiger charge is 2.56. The first-order chi connectivity index (χ1) is 15.4. The van der Waals surface area contributed by atoms with E-state index < -0.39 is 5.79 Å². The molecule has 4 rings (SSSR count). The Morgan fingerprint density at radius 2 is 1.97 bits per heavy atom. The third-order valence-corrected chi connectivity index (χ3v) is 7.73. The summed E-state index contributed by atoms with van der Waals surface area (Å²) in [5.74, 6) is 1.43. The standard InChI is InChI=1S/C27H42O5/c1-19(2)7-6-8-20(3)15-22(28)10-11-23-24-18-27(30-13-14-31-27)17-21(24)16-25(23)32-26-9-4-5-12-29-26/h7,10-11,20-21,23-26H,4-6,8-9,12-18H2,1-3H3/b11-10+/t20-,21-,23-,24+,25-,26?/m1/s1. The number of hydrogen-bond acceptors (Lipinski definition) is 5. The van der Waals surface area contributed by atoms with E-state index in [0.29, 0.717) is 37.4 Å². The molecule has 4 fully saturated rings. The summed E-state index contributed by atoms with van der Waals surface area (Å²) >= 11 is 0. The van der Waals surface area contributed by atoms with Gasteiger partial charge in [0.1, 0.15) is 0 Å². The number of rotatable bonds is 9. The quantitative estimate of drug-likeness (QED) is 0.342. The van der Waals surface area contributed by atoms with E-state index in [1.165, 1.54) is 12.0 Å². The molecule has 1 spiro atoms. The van der Waals surface area contributed by atoms with Crippen LogP contribution >= 0.6 is 0 Å². The minimum atomic E-state index is -0.392. The summed E-state index contributed by atoms with van der Waals surface area (Å²) in [5, 5.41) is 0. The zero-order valence-corrected chi connectivity index (χ0v) is 20.2. The van der Waals surface area contributed by atoms with E-state index >= 15 is 0 Å². The Morgan fingerprint density at radius 1 is 1.16 bits per heavy atom. The second kappa shape index (κ2) is 10.9. The number of fused-ring (bicyclic) bond motifs is 1. The molecule has 0 aromatic carbocycles. The summed E-state index contributed by atoms with van der Waals surface area (Å²) in [4.78, 5) is 12.7. The average molecular weight is 447 g/mol. The third-order valence-electron chi connectivity index (χ3n) is 7.73. The number of ketones is 1. The largest absolute Gasteiger partial charge is 0.353 e. The van der Waals surface area contributed by atoms with Crippen molar-refractivity contribution in [3.05, 3.63) is 23.8 Å². The maximum Gasteiger partial charge on any atom is 0.169 e. The molecular weight excluding hydrogens is 404 g/mol. The molecule has 0 bridgehead atoms. The van der Waals surface area contributed by atoms with E-state index in [2.05, 4.69) is 32.9 Å². The van der Waals surface area contributed by atoms with E-state index in [4.69, 9.17) is 18.9 Å². The Bertz CT molecular complexity index is 682. The zero-order chi connectivity index (χ0) is 22.6. The minimum absolute atomic E-state index is 0.0952. The molecular formula is C27H42O5. The summed E-state index contributed by atoms with van der Waals surface area (Å²) in [7, 11) is 0. The van der Waals surface area contributed by atoms with Crippen molar-refractivity contribution in [2.45, 2.75) is 96.7 Å². The van der Waals surface area contributed by atoms with Gasteiger partial charge < -0.3 is 18.9 Å². The fraction of sp³-hybridized carbons (Fsp3) is 0.815. The van der Waals surface area contributed by atoms with Crippen LogP contribution in [0.5, 0.6) is 0 Å². The van der Waals surface area contributed by atoms with Gasteiger partial charge in [0.05, 0.1) is 19.3 Å². The Balaban J connectivity index is 1.37. The normalized spacial score (nSPS) is 34.8. The first-order valence-corrected chi connectivity index (χ1v) is 12.8. The second-order valence-corrected chi connectivity index (χ2v) is 10.7. The first-order valence-electron chi connectivity index (χ1n) is 12.8. The van der Waals surface area contributed by atoms with Crippen LogP contribution in [0.2, 0.25) is 0 Å². The lowest BCUT2D eigenvalue weighted by Crippen LogP contribution is -2.33. The topological polar surface area (TPSA) is 54.0 Å². The predicted octanol–water partition coefficient (Wildman–Crippen LogP) is 5.59. The maximum atomic E-state index is 12.7. The van der Waals surface area contributed by atoms with Crippen molar-refractivity contribution in [2.75, 3.05) is 19.8 Å². The van der Waals surface area contributed by atoms with Crippen molar-refractivity contribution in [3.63, 3.8) is 0 Å². The number of hydrogen-bond donors (Lipinski definition) is 0. The lowest BCUT2D eigenvalue weighted by Gasteiger charge is -2.30.